The predicted octanol–water partition coefficient (Wildman–Crippen LogP) is 5.71. The normalized spacial score (nSPS) is 11.5. The van der Waals surface area contributed by atoms with Gasteiger partial charge < -0.3 is 0 Å². The van der Waals surface area contributed by atoms with Crippen molar-refractivity contribution in [3.05, 3.63) is 88.3 Å². The Hall–Kier alpha value is -3.05. The van der Waals surface area contributed by atoms with Gasteiger partial charge in [0, 0.05) is 22.7 Å². The Morgan fingerprint density at radius 3 is 2.63 bits per heavy atom. The van der Waals surface area contributed by atoms with E-state index < -0.39 is 0 Å². The largest absolute Gasteiger partial charge is 0.290 e. The maximum Gasteiger partial charge on any atom is 0.194 e. The number of imidazole rings is 1. The second kappa shape index (κ2) is 6.93. The van der Waals surface area contributed by atoms with Gasteiger partial charge in [0.05, 0.1) is 11.4 Å². The molecular weight excluding hydrogens is 359 g/mol. The van der Waals surface area contributed by atoms with Crippen LogP contribution in [-0.2, 0) is 0 Å². The van der Waals surface area contributed by atoms with E-state index in [1.165, 1.54) is 23.5 Å². The summed E-state index contributed by atoms with van der Waals surface area (Å²) in [5, 5.41) is 1.94. The first kappa shape index (κ1) is 17.4. The smallest absolute Gasteiger partial charge is 0.194 e. The van der Waals surface area contributed by atoms with Gasteiger partial charge in [0.2, 0.25) is 0 Å². The van der Waals surface area contributed by atoms with Gasteiger partial charge in [-0.05, 0) is 67.5 Å². The lowest BCUT2D eigenvalue weighted by atomic mass is 10.0. The Kier molecular flexibility index (Phi) is 4.46. The van der Waals surface area contributed by atoms with Gasteiger partial charge in [-0.3, -0.25) is 9.20 Å². The highest BCUT2D eigenvalue weighted by atomic mass is 32.1. The van der Waals surface area contributed by atoms with Gasteiger partial charge in [-0.25, -0.2) is 9.37 Å². The molecule has 4 aromatic rings. The predicted molar refractivity (Wildman–Crippen MR) is 108 cm³/mol. The summed E-state index contributed by atoms with van der Waals surface area (Å²) in [7, 11) is 0. The highest BCUT2D eigenvalue weighted by Crippen LogP contribution is 2.28. The minimum absolute atomic E-state index is 0.0617. The third kappa shape index (κ3) is 3.34. The van der Waals surface area contributed by atoms with Crippen molar-refractivity contribution >= 4 is 28.2 Å². The van der Waals surface area contributed by atoms with Gasteiger partial charge in [-0.2, -0.15) is 0 Å². The van der Waals surface area contributed by atoms with E-state index in [1.807, 2.05) is 48.0 Å². The number of carbonyl (C=O) groups excluding carboxylic acids is 1. The Morgan fingerprint density at radius 2 is 1.89 bits per heavy atom. The highest BCUT2D eigenvalue weighted by Gasteiger charge is 2.13. The molecule has 0 atom stereocenters. The van der Waals surface area contributed by atoms with Crippen LogP contribution in [0.1, 0.15) is 27.2 Å². The fourth-order valence-corrected chi connectivity index (χ4v) is 3.65. The summed E-state index contributed by atoms with van der Waals surface area (Å²) >= 11 is 1.51. The van der Waals surface area contributed by atoms with Crippen molar-refractivity contribution < 1.29 is 9.18 Å². The molecule has 5 heteroatoms. The number of nitrogens with zero attached hydrogens (tertiary/aromatic N) is 2. The minimum atomic E-state index is -0.290. The number of thiazole rings is 1. The highest BCUT2D eigenvalue weighted by molar-refractivity contribution is 7.15. The van der Waals surface area contributed by atoms with Crippen molar-refractivity contribution in [3.8, 4) is 11.3 Å². The van der Waals surface area contributed by atoms with Crippen molar-refractivity contribution in [2.45, 2.75) is 13.8 Å². The first-order valence-electron chi connectivity index (χ1n) is 8.54. The molecule has 0 bridgehead atoms. The minimum Gasteiger partial charge on any atom is -0.290 e. The molecule has 0 aliphatic heterocycles. The van der Waals surface area contributed by atoms with Crippen LogP contribution in [0.2, 0.25) is 0 Å². The van der Waals surface area contributed by atoms with E-state index in [4.69, 9.17) is 0 Å². The molecule has 0 spiro atoms. The number of hydrogen-bond acceptors (Lipinski definition) is 3. The molecule has 0 aliphatic rings. The molecule has 0 N–H and O–H groups in total. The fraction of sp³-hybridized carbons (Fsp3) is 0.0909. The molecule has 0 radical (unpaired) electrons. The van der Waals surface area contributed by atoms with Gasteiger partial charge in [-0.15, -0.1) is 11.3 Å². The van der Waals surface area contributed by atoms with Crippen LogP contribution in [0.4, 0.5) is 4.39 Å². The summed E-state index contributed by atoms with van der Waals surface area (Å²) in [6, 6.07) is 11.9. The van der Waals surface area contributed by atoms with Crippen LogP contribution in [0.3, 0.4) is 0 Å². The van der Waals surface area contributed by atoms with Gasteiger partial charge in [0.15, 0.2) is 10.7 Å². The molecule has 2 aromatic heterocycles. The SMILES string of the molecule is Cc1ccc(C(=O)/C=C/c2c(-c3ccc(F)cc3)nc3sccn23)cc1C. The second-order valence-electron chi connectivity index (χ2n) is 6.40. The van der Waals surface area contributed by atoms with Crippen molar-refractivity contribution in [3.63, 3.8) is 0 Å². The van der Waals surface area contributed by atoms with E-state index in [1.54, 1.807) is 24.3 Å². The molecule has 0 fully saturated rings. The van der Waals surface area contributed by atoms with Crippen LogP contribution in [0, 0.1) is 19.7 Å². The first-order valence-corrected chi connectivity index (χ1v) is 9.42. The van der Waals surface area contributed by atoms with E-state index in [2.05, 4.69) is 4.98 Å². The number of benzene rings is 2. The summed E-state index contributed by atoms with van der Waals surface area (Å²) in [4.78, 5) is 18.1. The lowest BCUT2D eigenvalue weighted by molar-refractivity contribution is 0.104. The van der Waals surface area contributed by atoms with Crippen molar-refractivity contribution in [1.82, 2.24) is 9.38 Å². The average Bonchev–Trinajstić information content (AvgIpc) is 3.24. The first-order chi connectivity index (χ1) is 13.0. The zero-order valence-corrected chi connectivity index (χ0v) is 15.8. The maximum atomic E-state index is 13.3. The monoisotopic (exact) mass is 376 g/mol. The summed E-state index contributed by atoms with van der Waals surface area (Å²) in [6.45, 7) is 4.02. The summed E-state index contributed by atoms with van der Waals surface area (Å²) in [5.74, 6) is -0.352. The molecular formula is C22H17FN2OS. The van der Waals surface area contributed by atoms with Gasteiger partial charge in [-0.1, -0.05) is 12.1 Å². The van der Waals surface area contributed by atoms with E-state index in [-0.39, 0.29) is 11.6 Å². The lowest BCUT2D eigenvalue weighted by Gasteiger charge is -2.03. The third-order valence-corrected chi connectivity index (χ3v) is 5.36. The van der Waals surface area contributed by atoms with Crippen LogP contribution in [0.25, 0.3) is 22.3 Å². The molecule has 0 saturated heterocycles. The zero-order valence-electron chi connectivity index (χ0n) is 14.9. The number of fused-ring (bicyclic) bond motifs is 1. The number of aryl methyl sites for hydroxylation is 2. The number of halogens is 1. The maximum absolute atomic E-state index is 13.3. The Bertz CT molecular complexity index is 1170. The average molecular weight is 376 g/mol. The molecule has 134 valence electrons. The molecule has 0 saturated carbocycles. The Balaban J connectivity index is 1.74. The Labute approximate surface area is 160 Å². The molecule has 0 amide bonds. The zero-order chi connectivity index (χ0) is 19.0. The van der Waals surface area contributed by atoms with Crippen LogP contribution in [0.5, 0.6) is 0 Å². The summed E-state index contributed by atoms with van der Waals surface area (Å²) < 4.78 is 15.2. The van der Waals surface area contributed by atoms with Crippen LogP contribution in [-0.4, -0.2) is 15.2 Å². The topological polar surface area (TPSA) is 34.4 Å². The molecule has 2 aromatic carbocycles. The van der Waals surface area contributed by atoms with Crippen LogP contribution >= 0.6 is 11.3 Å². The lowest BCUT2D eigenvalue weighted by Crippen LogP contribution is -1.96. The van der Waals surface area contributed by atoms with E-state index in [0.717, 1.165) is 33.0 Å². The number of allylic oxidation sites excluding steroid dienone is 1. The number of hydrogen-bond donors (Lipinski definition) is 0. The van der Waals surface area contributed by atoms with Crippen LogP contribution < -0.4 is 0 Å². The molecule has 0 aliphatic carbocycles. The number of rotatable bonds is 4. The molecule has 4 rings (SSSR count). The van der Waals surface area contributed by atoms with Gasteiger partial charge in [0.1, 0.15) is 5.82 Å². The third-order valence-electron chi connectivity index (χ3n) is 4.60. The fourth-order valence-electron chi connectivity index (χ4n) is 2.93. The standard InChI is InChI=1S/C22H17FN2OS/c1-14-3-4-17(13-15(14)2)20(26)10-9-19-21(16-5-7-18(23)8-6-16)24-22-25(19)11-12-27-22/h3-13H,1-2H3/b10-9+. The van der Waals surface area contributed by atoms with Crippen molar-refractivity contribution in [2.24, 2.45) is 0 Å². The van der Waals surface area contributed by atoms with E-state index in [0.29, 0.717) is 5.56 Å². The van der Waals surface area contributed by atoms with Crippen molar-refractivity contribution in [2.75, 3.05) is 0 Å². The molecule has 0 unspecified atom stereocenters. The van der Waals surface area contributed by atoms with Gasteiger partial charge >= 0.3 is 0 Å². The van der Waals surface area contributed by atoms with Crippen LogP contribution in [0.15, 0.2) is 60.1 Å². The number of aromatic nitrogens is 2. The molecule has 2 heterocycles. The molecule has 27 heavy (non-hydrogen) atoms. The second-order valence-corrected chi connectivity index (χ2v) is 7.28. The Morgan fingerprint density at radius 1 is 1.11 bits per heavy atom. The summed E-state index contributed by atoms with van der Waals surface area (Å²) in [5.41, 5.74) is 5.24. The number of ketones is 1. The molecule has 3 nitrogen and oxygen atoms in total. The quantitative estimate of drug-likeness (QED) is 0.337. The van der Waals surface area contributed by atoms with Gasteiger partial charge in [0.25, 0.3) is 0 Å². The summed E-state index contributed by atoms with van der Waals surface area (Å²) in [6.07, 6.45) is 5.27. The number of carbonyl (C=O) groups is 1. The van der Waals surface area contributed by atoms with Crippen molar-refractivity contribution in [1.29, 1.82) is 0 Å². The van der Waals surface area contributed by atoms with E-state index >= 15 is 0 Å². The van der Waals surface area contributed by atoms with E-state index in [9.17, 15) is 9.18 Å².